The molecule has 0 radical (unpaired) electrons. The van der Waals surface area contributed by atoms with Crippen LogP contribution in [0.5, 0.6) is 0 Å². The standard InChI is InChI=1S/C14H15F3N2O7S/c1-3-25-12(20)11(13(21)26-4-2)19-18-9-7-8(14(15,16)17)5-6-10(9)27(22,23)24/h5-7,11H,3-4H2,1-2H3,(H,22,23,24). The Morgan fingerprint density at radius 3 is 2.07 bits per heavy atom. The highest BCUT2D eigenvalue weighted by Gasteiger charge is 2.33. The van der Waals surface area contributed by atoms with Gasteiger partial charge in [0.25, 0.3) is 16.2 Å². The molecule has 150 valence electrons. The maximum absolute atomic E-state index is 12.8. The maximum atomic E-state index is 12.8. The Morgan fingerprint density at radius 1 is 1.15 bits per heavy atom. The topological polar surface area (TPSA) is 132 Å². The molecule has 1 N–H and O–H groups in total. The number of nitrogens with zero attached hydrogens (tertiary/aromatic N) is 2. The summed E-state index contributed by atoms with van der Waals surface area (Å²) >= 11 is 0. The SMILES string of the molecule is CCOC(=O)C(N=Nc1cc(C(F)(F)F)ccc1S(=O)(=O)O)C(=O)OCC. The van der Waals surface area contributed by atoms with Crippen molar-refractivity contribution < 1.29 is 45.2 Å². The predicted molar refractivity (Wildman–Crippen MR) is 82.8 cm³/mol. The highest BCUT2D eigenvalue weighted by Crippen LogP contribution is 2.35. The van der Waals surface area contributed by atoms with E-state index in [0.717, 1.165) is 0 Å². The molecular weight excluding hydrogens is 397 g/mol. The Morgan fingerprint density at radius 2 is 1.67 bits per heavy atom. The molecular formula is C14H15F3N2O7S. The average Bonchev–Trinajstić information content (AvgIpc) is 2.53. The molecule has 13 heteroatoms. The minimum absolute atomic E-state index is 0.135. The largest absolute Gasteiger partial charge is 0.464 e. The van der Waals surface area contributed by atoms with E-state index in [1.165, 1.54) is 13.8 Å². The molecule has 0 heterocycles. The van der Waals surface area contributed by atoms with Crippen molar-refractivity contribution in [1.82, 2.24) is 0 Å². The quantitative estimate of drug-likeness (QED) is 0.315. The van der Waals surface area contributed by atoms with Crippen molar-refractivity contribution in [2.24, 2.45) is 10.2 Å². The Balaban J connectivity index is 3.43. The summed E-state index contributed by atoms with van der Waals surface area (Å²) in [5, 5.41) is 6.50. The molecule has 1 rings (SSSR count). The summed E-state index contributed by atoms with van der Waals surface area (Å²) in [6, 6.07) is -0.805. The van der Waals surface area contributed by atoms with Crippen LogP contribution in [-0.4, -0.2) is 44.2 Å². The van der Waals surface area contributed by atoms with Crippen LogP contribution in [0.25, 0.3) is 0 Å². The summed E-state index contributed by atoms with van der Waals surface area (Å²) in [6.45, 7) is 2.59. The van der Waals surface area contributed by atoms with E-state index in [-0.39, 0.29) is 13.2 Å². The number of benzene rings is 1. The molecule has 0 aliphatic carbocycles. The van der Waals surface area contributed by atoms with Crippen LogP contribution >= 0.6 is 0 Å². The van der Waals surface area contributed by atoms with Gasteiger partial charge in [0, 0.05) is 0 Å². The van der Waals surface area contributed by atoms with E-state index in [1.54, 1.807) is 0 Å². The monoisotopic (exact) mass is 412 g/mol. The fraction of sp³-hybridized carbons (Fsp3) is 0.429. The highest BCUT2D eigenvalue weighted by molar-refractivity contribution is 7.86. The summed E-state index contributed by atoms with van der Waals surface area (Å²) < 4.78 is 79.4. The van der Waals surface area contributed by atoms with Crippen LogP contribution in [0.3, 0.4) is 0 Å². The fourth-order valence-electron chi connectivity index (χ4n) is 1.74. The summed E-state index contributed by atoms with van der Waals surface area (Å²) in [4.78, 5) is 22.5. The Bertz CT molecular complexity index is 820. The number of carbonyl (C=O) groups excluding carboxylic acids is 2. The zero-order chi connectivity index (χ0) is 20.8. The Kier molecular flexibility index (Phi) is 7.42. The summed E-state index contributed by atoms with van der Waals surface area (Å²) in [5.74, 6) is -2.39. The molecule has 1 aromatic carbocycles. The van der Waals surface area contributed by atoms with Gasteiger partial charge in [0.05, 0.1) is 18.8 Å². The van der Waals surface area contributed by atoms with Gasteiger partial charge in [0.2, 0.25) is 0 Å². The predicted octanol–water partition coefficient (Wildman–Crippen LogP) is 2.53. The number of hydrogen-bond donors (Lipinski definition) is 1. The van der Waals surface area contributed by atoms with Crippen molar-refractivity contribution in [3.8, 4) is 0 Å². The molecule has 1 aromatic rings. The molecule has 0 aliphatic rings. The van der Waals surface area contributed by atoms with Crippen LogP contribution in [0.4, 0.5) is 18.9 Å². The van der Waals surface area contributed by atoms with Crippen LogP contribution in [0.2, 0.25) is 0 Å². The van der Waals surface area contributed by atoms with Crippen molar-refractivity contribution in [2.45, 2.75) is 31.0 Å². The lowest BCUT2D eigenvalue weighted by Crippen LogP contribution is -2.31. The van der Waals surface area contributed by atoms with E-state index in [0.29, 0.717) is 18.2 Å². The zero-order valence-corrected chi connectivity index (χ0v) is 14.9. The van der Waals surface area contributed by atoms with Crippen molar-refractivity contribution in [2.75, 3.05) is 13.2 Å². The Labute approximate surface area is 151 Å². The van der Waals surface area contributed by atoms with Crippen LogP contribution in [-0.2, 0) is 35.4 Å². The zero-order valence-electron chi connectivity index (χ0n) is 14.1. The molecule has 0 fully saturated rings. The van der Waals surface area contributed by atoms with Crippen LogP contribution in [0.15, 0.2) is 33.3 Å². The van der Waals surface area contributed by atoms with Crippen molar-refractivity contribution >= 4 is 27.7 Å². The van der Waals surface area contributed by atoms with Gasteiger partial charge in [-0.05, 0) is 32.0 Å². The second-order valence-corrected chi connectivity index (χ2v) is 6.17. The van der Waals surface area contributed by atoms with Crippen LogP contribution < -0.4 is 0 Å². The van der Waals surface area contributed by atoms with E-state index >= 15 is 0 Å². The lowest BCUT2D eigenvalue weighted by atomic mass is 10.2. The molecule has 0 bridgehead atoms. The first-order chi connectivity index (χ1) is 12.4. The van der Waals surface area contributed by atoms with E-state index in [9.17, 15) is 31.2 Å². The van der Waals surface area contributed by atoms with Gasteiger partial charge in [-0.25, -0.2) is 9.59 Å². The summed E-state index contributed by atoms with van der Waals surface area (Å²) in [5.41, 5.74) is -2.21. The molecule has 0 unspecified atom stereocenters. The molecule has 0 aromatic heterocycles. The number of alkyl halides is 3. The lowest BCUT2D eigenvalue weighted by molar-refractivity contribution is -0.156. The first-order valence-corrected chi connectivity index (χ1v) is 8.78. The van der Waals surface area contributed by atoms with Gasteiger partial charge in [-0.2, -0.15) is 31.8 Å². The highest BCUT2D eigenvalue weighted by atomic mass is 32.2. The van der Waals surface area contributed by atoms with E-state index < -0.39 is 50.4 Å². The minimum Gasteiger partial charge on any atom is -0.464 e. The number of azo groups is 1. The number of rotatable bonds is 7. The van der Waals surface area contributed by atoms with Gasteiger partial charge in [0.15, 0.2) is 0 Å². The molecule has 0 atom stereocenters. The maximum Gasteiger partial charge on any atom is 0.416 e. The molecule has 0 saturated carbocycles. The number of hydrogen-bond acceptors (Lipinski definition) is 8. The number of esters is 2. The van der Waals surface area contributed by atoms with Crippen LogP contribution in [0.1, 0.15) is 19.4 Å². The number of halogens is 3. The first-order valence-electron chi connectivity index (χ1n) is 7.34. The minimum atomic E-state index is -4.96. The van der Waals surface area contributed by atoms with Gasteiger partial charge in [-0.3, -0.25) is 4.55 Å². The molecule has 0 spiro atoms. The van der Waals surface area contributed by atoms with Gasteiger partial charge in [0.1, 0.15) is 10.6 Å². The normalized spacial score (nSPS) is 12.4. The summed E-state index contributed by atoms with van der Waals surface area (Å²) in [7, 11) is -4.96. The number of ether oxygens (including phenoxy) is 2. The fourth-order valence-corrected chi connectivity index (χ4v) is 2.35. The van der Waals surface area contributed by atoms with E-state index in [2.05, 4.69) is 19.7 Å². The van der Waals surface area contributed by atoms with Crippen molar-refractivity contribution in [3.05, 3.63) is 23.8 Å². The molecule has 0 aliphatic heterocycles. The molecule has 27 heavy (non-hydrogen) atoms. The van der Waals surface area contributed by atoms with Gasteiger partial charge >= 0.3 is 18.1 Å². The average molecular weight is 412 g/mol. The smallest absolute Gasteiger partial charge is 0.416 e. The third kappa shape index (κ3) is 6.29. The van der Waals surface area contributed by atoms with Crippen LogP contribution in [0, 0.1) is 0 Å². The molecule has 9 nitrogen and oxygen atoms in total. The molecule has 0 saturated heterocycles. The van der Waals surface area contributed by atoms with Gasteiger partial charge in [-0.15, -0.1) is 0 Å². The molecule has 0 amide bonds. The Hall–Kier alpha value is -2.54. The second-order valence-electron chi connectivity index (χ2n) is 4.78. The number of carbonyl (C=O) groups is 2. The van der Waals surface area contributed by atoms with Gasteiger partial charge < -0.3 is 9.47 Å². The van der Waals surface area contributed by atoms with Gasteiger partial charge in [-0.1, -0.05) is 0 Å². The first kappa shape index (κ1) is 22.5. The van der Waals surface area contributed by atoms with E-state index in [4.69, 9.17) is 4.55 Å². The lowest BCUT2D eigenvalue weighted by Gasteiger charge is -2.11. The van der Waals surface area contributed by atoms with Crippen molar-refractivity contribution in [1.29, 1.82) is 0 Å². The third-order valence-corrected chi connectivity index (χ3v) is 3.77. The third-order valence-electron chi connectivity index (χ3n) is 2.86. The van der Waals surface area contributed by atoms with E-state index in [1.807, 2.05) is 0 Å². The summed E-state index contributed by atoms with van der Waals surface area (Å²) in [6.07, 6.45) is -4.84. The second kappa shape index (κ2) is 8.90. The van der Waals surface area contributed by atoms with Crippen molar-refractivity contribution in [3.63, 3.8) is 0 Å².